The van der Waals surface area contributed by atoms with Gasteiger partial charge in [-0.1, -0.05) is 94.8 Å². The molecule has 4 aliphatic rings. The van der Waals surface area contributed by atoms with E-state index in [0.29, 0.717) is 6.54 Å². The number of nitrogens with zero attached hydrogens (tertiary/aromatic N) is 1. The lowest BCUT2D eigenvalue weighted by Gasteiger charge is -2.51. The summed E-state index contributed by atoms with van der Waals surface area (Å²) in [6, 6.07) is 26.2. The summed E-state index contributed by atoms with van der Waals surface area (Å²) < 4.78 is -0.669. The van der Waals surface area contributed by atoms with Crippen LogP contribution in [0.1, 0.15) is 33.7 Å². The number of alkyl halides is 1. The standard InChI is InChI=1S/C25H18BrNO2/c26-25-18-12-6-4-10-16(18)20(17-11-5-7-13-19(17)25)21-22(25)24(29)27(23(21)28)14-15-8-2-1-3-9-15/h1-13,20-22H,14H2/t20?,21-,22+,25?/m1/s1. The molecule has 1 fully saturated rings. The highest BCUT2D eigenvalue weighted by atomic mass is 79.9. The van der Waals surface area contributed by atoms with E-state index >= 15 is 0 Å². The molecule has 7 rings (SSSR count). The third-order valence-corrected chi connectivity index (χ3v) is 8.14. The molecule has 3 nitrogen and oxygen atoms in total. The summed E-state index contributed by atoms with van der Waals surface area (Å²) in [6.45, 7) is 0.327. The molecule has 2 bridgehead atoms. The van der Waals surface area contributed by atoms with Gasteiger partial charge in [0.15, 0.2) is 0 Å². The summed E-state index contributed by atoms with van der Waals surface area (Å²) in [4.78, 5) is 28.7. The highest BCUT2D eigenvalue weighted by Crippen LogP contribution is 2.66. The van der Waals surface area contributed by atoms with Gasteiger partial charge in [-0.05, 0) is 27.8 Å². The molecule has 0 spiro atoms. The van der Waals surface area contributed by atoms with Gasteiger partial charge in [-0.3, -0.25) is 14.5 Å². The highest BCUT2D eigenvalue weighted by molar-refractivity contribution is 9.09. The van der Waals surface area contributed by atoms with Crippen molar-refractivity contribution in [2.75, 3.05) is 0 Å². The summed E-state index contributed by atoms with van der Waals surface area (Å²) in [5.74, 6) is -0.996. The Kier molecular flexibility index (Phi) is 3.49. The number of halogens is 1. The van der Waals surface area contributed by atoms with E-state index < -0.39 is 10.2 Å². The number of carbonyl (C=O) groups excluding carboxylic acids is 2. The van der Waals surface area contributed by atoms with E-state index in [-0.39, 0.29) is 23.7 Å². The van der Waals surface area contributed by atoms with Gasteiger partial charge in [0, 0.05) is 5.92 Å². The van der Waals surface area contributed by atoms with Crippen LogP contribution in [0.15, 0.2) is 78.9 Å². The van der Waals surface area contributed by atoms with Crippen molar-refractivity contribution in [2.24, 2.45) is 11.8 Å². The second kappa shape index (κ2) is 5.90. The largest absolute Gasteiger partial charge is 0.278 e. The van der Waals surface area contributed by atoms with Crippen LogP contribution in [0.2, 0.25) is 0 Å². The molecule has 2 amide bonds. The Morgan fingerprint density at radius 3 is 1.93 bits per heavy atom. The van der Waals surface area contributed by atoms with Crippen molar-refractivity contribution in [2.45, 2.75) is 16.8 Å². The molecular formula is C25H18BrNO2. The van der Waals surface area contributed by atoms with Gasteiger partial charge in [-0.15, -0.1) is 0 Å². The van der Waals surface area contributed by atoms with Crippen molar-refractivity contribution in [3.05, 3.63) is 107 Å². The first-order valence-corrected chi connectivity index (χ1v) is 10.7. The normalized spacial score (nSPS) is 28.9. The maximum Gasteiger partial charge on any atom is 0.235 e. The van der Waals surface area contributed by atoms with Crippen molar-refractivity contribution < 1.29 is 9.59 Å². The Balaban J connectivity index is 1.55. The lowest BCUT2D eigenvalue weighted by atomic mass is 9.55. The van der Waals surface area contributed by atoms with E-state index in [2.05, 4.69) is 40.2 Å². The van der Waals surface area contributed by atoms with Crippen LogP contribution in [0.25, 0.3) is 0 Å². The average Bonchev–Trinajstić information content (AvgIpc) is 3.01. The molecule has 0 radical (unpaired) electrons. The maximum atomic E-state index is 13.6. The first kappa shape index (κ1) is 17.2. The summed E-state index contributed by atoms with van der Waals surface area (Å²) in [7, 11) is 0. The number of benzene rings is 3. The number of hydrogen-bond donors (Lipinski definition) is 0. The van der Waals surface area contributed by atoms with Crippen LogP contribution >= 0.6 is 15.9 Å². The minimum atomic E-state index is -0.669. The molecule has 3 aromatic rings. The Morgan fingerprint density at radius 2 is 1.31 bits per heavy atom. The van der Waals surface area contributed by atoms with Crippen LogP contribution in [0.5, 0.6) is 0 Å². The molecule has 3 aliphatic carbocycles. The van der Waals surface area contributed by atoms with E-state index in [9.17, 15) is 9.59 Å². The molecule has 4 heteroatoms. The predicted octanol–water partition coefficient (Wildman–Crippen LogP) is 4.59. The third-order valence-electron chi connectivity index (χ3n) is 6.79. The third kappa shape index (κ3) is 2.07. The average molecular weight is 444 g/mol. The number of likely N-dealkylation sites (tertiary alicyclic amines) is 1. The molecular weight excluding hydrogens is 426 g/mol. The zero-order valence-corrected chi connectivity index (χ0v) is 17.2. The van der Waals surface area contributed by atoms with Gasteiger partial charge in [-0.2, -0.15) is 0 Å². The second-order valence-corrected chi connectivity index (χ2v) is 9.37. The molecule has 0 unspecified atom stereocenters. The van der Waals surface area contributed by atoms with Gasteiger partial charge >= 0.3 is 0 Å². The minimum absolute atomic E-state index is 0.0540. The second-order valence-electron chi connectivity index (χ2n) is 8.12. The van der Waals surface area contributed by atoms with Gasteiger partial charge < -0.3 is 0 Å². The molecule has 29 heavy (non-hydrogen) atoms. The number of rotatable bonds is 2. The van der Waals surface area contributed by atoms with E-state index in [4.69, 9.17) is 0 Å². The fourth-order valence-electron chi connectivity index (χ4n) is 5.66. The van der Waals surface area contributed by atoms with E-state index in [1.54, 1.807) is 0 Å². The van der Waals surface area contributed by atoms with Crippen molar-refractivity contribution in [3.8, 4) is 0 Å². The van der Waals surface area contributed by atoms with Crippen LogP contribution in [-0.4, -0.2) is 16.7 Å². The lowest BCUT2D eigenvalue weighted by Crippen LogP contribution is -2.50. The Labute approximate surface area is 177 Å². The summed E-state index contributed by atoms with van der Waals surface area (Å²) in [6.07, 6.45) is 0. The minimum Gasteiger partial charge on any atom is -0.278 e. The Bertz CT molecular complexity index is 1120. The van der Waals surface area contributed by atoms with Crippen LogP contribution < -0.4 is 0 Å². The fraction of sp³-hybridized carbons (Fsp3) is 0.200. The van der Waals surface area contributed by atoms with Gasteiger partial charge in [-0.25, -0.2) is 0 Å². The van der Waals surface area contributed by atoms with Crippen molar-refractivity contribution in [1.29, 1.82) is 0 Å². The molecule has 1 saturated heterocycles. The summed E-state index contributed by atoms with van der Waals surface area (Å²) in [5.41, 5.74) is 5.53. The zero-order valence-electron chi connectivity index (χ0n) is 15.6. The van der Waals surface area contributed by atoms with Crippen LogP contribution in [0, 0.1) is 11.8 Å². The number of amides is 2. The maximum absolute atomic E-state index is 13.6. The molecule has 3 aromatic carbocycles. The van der Waals surface area contributed by atoms with Crippen molar-refractivity contribution in [1.82, 2.24) is 4.90 Å². The predicted molar refractivity (Wildman–Crippen MR) is 113 cm³/mol. The monoisotopic (exact) mass is 443 g/mol. The topological polar surface area (TPSA) is 37.4 Å². The van der Waals surface area contributed by atoms with E-state index in [1.165, 1.54) is 4.90 Å². The zero-order chi connectivity index (χ0) is 19.8. The van der Waals surface area contributed by atoms with Crippen LogP contribution in [-0.2, 0) is 20.5 Å². The summed E-state index contributed by atoms with van der Waals surface area (Å²) in [5, 5.41) is 0. The van der Waals surface area contributed by atoms with Gasteiger partial charge in [0.1, 0.15) is 0 Å². The number of carbonyl (C=O) groups is 2. The molecule has 142 valence electrons. The van der Waals surface area contributed by atoms with Crippen LogP contribution in [0.3, 0.4) is 0 Å². The SMILES string of the molecule is O=C1[C@@H]2C3c4ccccc4C(Br)(c4ccccc43)[C@@H]2C(=O)N1Cc1ccccc1. The first-order chi connectivity index (χ1) is 14.1. The quantitative estimate of drug-likeness (QED) is 0.429. The molecule has 0 N–H and O–H groups in total. The molecule has 0 saturated carbocycles. The van der Waals surface area contributed by atoms with Crippen molar-refractivity contribution >= 4 is 27.7 Å². The van der Waals surface area contributed by atoms with Crippen LogP contribution in [0.4, 0.5) is 0 Å². The highest BCUT2D eigenvalue weighted by Gasteiger charge is 2.67. The fourth-order valence-corrected chi connectivity index (χ4v) is 6.86. The molecule has 1 heterocycles. The molecule has 2 atom stereocenters. The first-order valence-electron chi connectivity index (χ1n) is 9.89. The lowest BCUT2D eigenvalue weighted by molar-refractivity contribution is -0.140. The number of hydrogen-bond acceptors (Lipinski definition) is 2. The van der Waals surface area contributed by atoms with Gasteiger partial charge in [0.05, 0.1) is 22.7 Å². The van der Waals surface area contributed by atoms with E-state index in [1.807, 2.05) is 54.6 Å². The van der Waals surface area contributed by atoms with E-state index in [0.717, 1.165) is 27.8 Å². The Morgan fingerprint density at radius 1 is 0.759 bits per heavy atom. The smallest absolute Gasteiger partial charge is 0.235 e. The van der Waals surface area contributed by atoms with Crippen molar-refractivity contribution in [3.63, 3.8) is 0 Å². The Hall–Kier alpha value is -2.72. The molecule has 0 aromatic heterocycles. The summed E-state index contributed by atoms with van der Waals surface area (Å²) >= 11 is 4.02. The number of imide groups is 1. The molecule has 1 aliphatic heterocycles. The van der Waals surface area contributed by atoms with Gasteiger partial charge in [0.2, 0.25) is 11.8 Å². The van der Waals surface area contributed by atoms with Gasteiger partial charge in [0.25, 0.3) is 0 Å².